The van der Waals surface area contributed by atoms with Crippen LogP contribution in [0.2, 0.25) is 0 Å². The van der Waals surface area contributed by atoms with E-state index in [0.717, 1.165) is 30.2 Å². The number of hydrogen-bond donors (Lipinski definition) is 1. The van der Waals surface area contributed by atoms with Crippen molar-refractivity contribution in [1.29, 1.82) is 0 Å². The van der Waals surface area contributed by atoms with Crippen LogP contribution >= 0.6 is 0 Å². The van der Waals surface area contributed by atoms with Crippen LogP contribution in [0, 0.1) is 0 Å². The molecule has 1 aromatic carbocycles. The minimum Gasteiger partial charge on any atom is -0.486 e. The number of benzene rings is 1. The summed E-state index contributed by atoms with van der Waals surface area (Å²) in [6.07, 6.45) is 0.327. The Morgan fingerprint density at radius 2 is 1.88 bits per heavy atom. The third kappa shape index (κ3) is 4.19. The summed E-state index contributed by atoms with van der Waals surface area (Å²) in [4.78, 5) is 14.5. The molecule has 0 radical (unpaired) electrons. The Hall–Kier alpha value is -1.79. The predicted octanol–water partition coefficient (Wildman–Crippen LogP) is 1.74. The van der Waals surface area contributed by atoms with Crippen LogP contribution in [-0.4, -0.2) is 55.9 Å². The maximum absolute atomic E-state index is 12.3. The van der Waals surface area contributed by atoms with Gasteiger partial charge in [0.1, 0.15) is 13.2 Å². The molecule has 1 aromatic rings. The second-order valence-corrected chi connectivity index (χ2v) is 6.64. The smallest absolute Gasteiger partial charge is 0.234 e. The largest absolute Gasteiger partial charge is 0.486 e. The van der Waals surface area contributed by atoms with E-state index in [9.17, 15) is 4.79 Å². The summed E-state index contributed by atoms with van der Waals surface area (Å²) in [6, 6.07) is 5.73. The van der Waals surface area contributed by atoms with Gasteiger partial charge in [-0.25, -0.2) is 0 Å². The molecule has 0 bridgehead atoms. The molecule has 0 spiro atoms. The van der Waals surface area contributed by atoms with Crippen LogP contribution in [0.15, 0.2) is 18.2 Å². The number of morpholine rings is 1. The maximum atomic E-state index is 12.3. The number of amides is 1. The first kappa shape index (κ1) is 17.0. The molecule has 1 fully saturated rings. The Kier molecular flexibility index (Phi) is 5.26. The highest BCUT2D eigenvalue weighted by Gasteiger charge is 2.24. The minimum absolute atomic E-state index is 0.0266. The molecule has 1 saturated heterocycles. The molecular formula is C18H26N2O4. The Bertz CT molecular complexity index is 582. The molecule has 1 amide bonds. The standard InChI is InChI=1S/C18H26N2O4/c1-12-9-20(10-13(2)24-12)11-18(21)19-14(3)15-4-5-16-17(8-15)23-7-6-22-16/h4-5,8,12-14H,6-7,9-11H2,1-3H3,(H,19,21). The van der Waals surface area contributed by atoms with Crippen molar-refractivity contribution in [3.8, 4) is 11.5 Å². The molecule has 2 heterocycles. The number of ether oxygens (including phenoxy) is 3. The first-order valence-electron chi connectivity index (χ1n) is 8.58. The highest BCUT2D eigenvalue weighted by Crippen LogP contribution is 2.32. The highest BCUT2D eigenvalue weighted by atomic mass is 16.6. The third-order valence-electron chi connectivity index (χ3n) is 4.31. The Morgan fingerprint density at radius 1 is 1.21 bits per heavy atom. The summed E-state index contributed by atoms with van der Waals surface area (Å²) in [7, 11) is 0. The molecule has 1 N–H and O–H groups in total. The molecule has 0 aliphatic carbocycles. The van der Waals surface area contributed by atoms with Crippen molar-refractivity contribution >= 4 is 5.91 Å². The predicted molar refractivity (Wildman–Crippen MR) is 90.4 cm³/mol. The fourth-order valence-corrected chi connectivity index (χ4v) is 3.32. The lowest BCUT2D eigenvalue weighted by molar-refractivity contribution is -0.126. The van der Waals surface area contributed by atoms with Gasteiger partial charge in [0, 0.05) is 13.1 Å². The molecule has 2 aliphatic heterocycles. The fourth-order valence-electron chi connectivity index (χ4n) is 3.32. The molecule has 6 heteroatoms. The van der Waals surface area contributed by atoms with Crippen LogP contribution in [0.5, 0.6) is 11.5 Å². The average molecular weight is 334 g/mol. The molecule has 24 heavy (non-hydrogen) atoms. The molecule has 132 valence electrons. The fraction of sp³-hybridized carbons (Fsp3) is 0.611. The second-order valence-electron chi connectivity index (χ2n) is 6.64. The van der Waals surface area contributed by atoms with Crippen molar-refractivity contribution in [2.75, 3.05) is 32.8 Å². The third-order valence-corrected chi connectivity index (χ3v) is 4.31. The van der Waals surface area contributed by atoms with Gasteiger partial charge in [-0.3, -0.25) is 9.69 Å². The molecule has 6 nitrogen and oxygen atoms in total. The van der Waals surface area contributed by atoms with Gasteiger partial charge in [0.25, 0.3) is 0 Å². The zero-order chi connectivity index (χ0) is 17.1. The minimum atomic E-state index is -0.0794. The zero-order valence-corrected chi connectivity index (χ0v) is 14.6. The van der Waals surface area contributed by atoms with Crippen LogP contribution in [0.25, 0.3) is 0 Å². The van der Waals surface area contributed by atoms with E-state index in [1.807, 2.05) is 39.0 Å². The average Bonchev–Trinajstić information content (AvgIpc) is 2.53. The van der Waals surface area contributed by atoms with Crippen molar-refractivity contribution in [1.82, 2.24) is 10.2 Å². The van der Waals surface area contributed by atoms with Gasteiger partial charge in [0.05, 0.1) is 24.8 Å². The number of nitrogens with one attached hydrogen (secondary N) is 1. The van der Waals surface area contributed by atoms with E-state index >= 15 is 0 Å². The molecule has 2 aliphatic rings. The quantitative estimate of drug-likeness (QED) is 0.909. The van der Waals surface area contributed by atoms with E-state index in [-0.39, 0.29) is 24.2 Å². The summed E-state index contributed by atoms with van der Waals surface area (Å²) in [5, 5.41) is 3.06. The highest BCUT2D eigenvalue weighted by molar-refractivity contribution is 5.78. The van der Waals surface area contributed by atoms with Gasteiger partial charge in [-0.2, -0.15) is 0 Å². The van der Waals surface area contributed by atoms with Crippen molar-refractivity contribution in [2.45, 2.75) is 39.0 Å². The number of rotatable bonds is 4. The number of nitrogens with zero attached hydrogens (tertiary/aromatic N) is 1. The van der Waals surface area contributed by atoms with Crippen LogP contribution < -0.4 is 14.8 Å². The Morgan fingerprint density at radius 3 is 2.58 bits per heavy atom. The van der Waals surface area contributed by atoms with E-state index in [2.05, 4.69) is 10.2 Å². The lowest BCUT2D eigenvalue weighted by Crippen LogP contribution is -2.49. The zero-order valence-electron chi connectivity index (χ0n) is 14.6. The topological polar surface area (TPSA) is 60.0 Å². The molecule has 3 unspecified atom stereocenters. The molecular weight excluding hydrogens is 308 g/mol. The lowest BCUT2D eigenvalue weighted by atomic mass is 10.1. The SMILES string of the molecule is CC1CN(CC(=O)NC(C)c2ccc3c(c2)OCCO3)CC(C)O1. The lowest BCUT2D eigenvalue weighted by Gasteiger charge is -2.35. The number of hydrogen-bond acceptors (Lipinski definition) is 5. The van der Waals surface area contributed by atoms with E-state index < -0.39 is 0 Å². The first-order valence-corrected chi connectivity index (χ1v) is 8.58. The summed E-state index contributed by atoms with van der Waals surface area (Å²) >= 11 is 0. The van der Waals surface area contributed by atoms with Crippen molar-refractivity contribution in [3.05, 3.63) is 23.8 Å². The number of carbonyl (C=O) groups is 1. The van der Waals surface area contributed by atoms with Gasteiger partial charge >= 0.3 is 0 Å². The Balaban J connectivity index is 1.56. The van der Waals surface area contributed by atoms with E-state index in [1.54, 1.807) is 0 Å². The second kappa shape index (κ2) is 7.40. The summed E-state index contributed by atoms with van der Waals surface area (Å²) < 4.78 is 16.8. The summed E-state index contributed by atoms with van der Waals surface area (Å²) in [5.41, 5.74) is 1.01. The normalized spacial score (nSPS) is 25.1. The van der Waals surface area contributed by atoms with Gasteiger partial charge in [-0.15, -0.1) is 0 Å². The van der Waals surface area contributed by atoms with Crippen molar-refractivity contribution in [2.24, 2.45) is 0 Å². The summed E-state index contributed by atoms with van der Waals surface area (Å²) in [6.45, 7) is 9.17. The van der Waals surface area contributed by atoms with Crippen LogP contribution in [0.4, 0.5) is 0 Å². The van der Waals surface area contributed by atoms with Crippen molar-refractivity contribution < 1.29 is 19.0 Å². The van der Waals surface area contributed by atoms with E-state index in [0.29, 0.717) is 19.8 Å². The Labute approximate surface area is 143 Å². The number of carbonyl (C=O) groups excluding carboxylic acids is 1. The van der Waals surface area contributed by atoms with E-state index in [1.165, 1.54) is 0 Å². The first-order chi connectivity index (χ1) is 11.5. The summed E-state index contributed by atoms with van der Waals surface area (Å²) in [5.74, 6) is 1.54. The van der Waals surface area contributed by atoms with Gasteiger partial charge < -0.3 is 19.5 Å². The van der Waals surface area contributed by atoms with Crippen LogP contribution in [0.3, 0.4) is 0 Å². The van der Waals surface area contributed by atoms with Gasteiger partial charge in [0.2, 0.25) is 5.91 Å². The van der Waals surface area contributed by atoms with Gasteiger partial charge in [0.15, 0.2) is 11.5 Å². The molecule has 3 rings (SSSR count). The number of fused-ring (bicyclic) bond motifs is 1. The monoisotopic (exact) mass is 334 g/mol. The van der Waals surface area contributed by atoms with E-state index in [4.69, 9.17) is 14.2 Å². The van der Waals surface area contributed by atoms with Gasteiger partial charge in [-0.05, 0) is 38.5 Å². The molecule has 3 atom stereocenters. The molecule has 0 aromatic heterocycles. The maximum Gasteiger partial charge on any atom is 0.234 e. The van der Waals surface area contributed by atoms with Gasteiger partial charge in [-0.1, -0.05) is 6.07 Å². The van der Waals surface area contributed by atoms with Crippen LogP contribution in [-0.2, 0) is 9.53 Å². The van der Waals surface area contributed by atoms with Crippen LogP contribution in [0.1, 0.15) is 32.4 Å². The van der Waals surface area contributed by atoms with Crippen molar-refractivity contribution in [3.63, 3.8) is 0 Å². The molecule has 0 saturated carbocycles.